The van der Waals surface area contributed by atoms with E-state index in [9.17, 15) is 0 Å². The predicted molar refractivity (Wildman–Crippen MR) is 84.5 cm³/mol. The second kappa shape index (κ2) is 6.02. The van der Waals surface area contributed by atoms with E-state index in [2.05, 4.69) is 16.0 Å². The summed E-state index contributed by atoms with van der Waals surface area (Å²) < 4.78 is 0. The predicted octanol–water partition coefficient (Wildman–Crippen LogP) is 4.81. The summed E-state index contributed by atoms with van der Waals surface area (Å²) in [6.07, 6.45) is 6.33. The zero-order valence-electron chi connectivity index (χ0n) is 11.1. The molecule has 1 aromatic heterocycles. The topological polar surface area (TPSA) is 16.1 Å². The summed E-state index contributed by atoms with van der Waals surface area (Å²) in [5.74, 6) is 0.790. The van der Waals surface area contributed by atoms with Crippen LogP contribution in [0.2, 0.25) is 10.0 Å². The number of halogens is 2. The first-order chi connectivity index (χ1) is 9.72. The summed E-state index contributed by atoms with van der Waals surface area (Å²) in [7, 11) is 0. The molecule has 0 spiro atoms. The second-order valence-electron chi connectivity index (χ2n) is 5.28. The van der Waals surface area contributed by atoms with E-state index in [1.54, 1.807) is 6.20 Å². The molecular formula is C16H16Cl2N2. The molecule has 0 unspecified atom stereocenters. The number of benzene rings is 1. The molecule has 1 aliphatic carbocycles. The third-order valence-electron chi connectivity index (χ3n) is 3.52. The van der Waals surface area contributed by atoms with Gasteiger partial charge < -0.3 is 4.90 Å². The lowest BCUT2D eigenvalue weighted by Crippen LogP contribution is -2.25. The number of pyridine rings is 1. The van der Waals surface area contributed by atoms with Crippen LogP contribution >= 0.6 is 23.2 Å². The Hall–Kier alpha value is -1.25. The van der Waals surface area contributed by atoms with Crippen molar-refractivity contribution in [1.29, 1.82) is 0 Å². The molecule has 0 aliphatic heterocycles. The van der Waals surface area contributed by atoms with Crippen molar-refractivity contribution in [3.63, 3.8) is 0 Å². The molecule has 1 heterocycles. The molecule has 0 bridgehead atoms. The molecule has 1 aliphatic rings. The standard InChI is InChI=1S/C16H16Cl2N2/c17-14-5-6-16(15(18)8-14)20(10-12-3-4-12)11-13-2-1-7-19-9-13/h1-2,5-9,12H,3-4,10-11H2. The highest BCUT2D eigenvalue weighted by Gasteiger charge is 2.25. The summed E-state index contributed by atoms with van der Waals surface area (Å²) in [5, 5.41) is 1.38. The van der Waals surface area contributed by atoms with Gasteiger partial charge in [0.2, 0.25) is 0 Å². The van der Waals surface area contributed by atoms with E-state index in [-0.39, 0.29) is 0 Å². The van der Waals surface area contributed by atoms with Gasteiger partial charge in [-0.2, -0.15) is 0 Å². The van der Waals surface area contributed by atoms with Crippen molar-refractivity contribution < 1.29 is 0 Å². The molecule has 4 heteroatoms. The van der Waals surface area contributed by atoms with Crippen LogP contribution in [0.15, 0.2) is 42.7 Å². The maximum absolute atomic E-state index is 6.35. The Kier molecular flexibility index (Phi) is 4.13. The summed E-state index contributed by atoms with van der Waals surface area (Å²) in [4.78, 5) is 6.51. The minimum absolute atomic E-state index is 0.673. The van der Waals surface area contributed by atoms with E-state index < -0.39 is 0 Å². The van der Waals surface area contributed by atoms with Crippen LogP contribution in [0.3, 0.4) is 0 Å². The monoisotopic (exact) mass is 306 g/mol. The van der Waals surface area contributed by atoms with Gasteiger partial charge in [-0.1, -0.05) is 29.3 Å². The Morgan fingerprint density at radius 2 is 2.05 bits per heavy atom. The van der Waals surface area contributed by atoms with E-state index in [4.69, 9.17) is 23.2 Å². The van der Waals surface area contributed by atoms with Gasteiger partial charge in [-0.15, -0.1) is 0 Å². The van der Waals surface area contributed by atoms with Crippen molar-refractivity contribution in [1.82, 2.24) is 4.98 Å². The second-order valence-corrected chi connectivity index (χ2v) is 6.12. The van der Waals surface area contributed by atoms with E-state index >= 15 is 0 Å². The first-order valence-corrected chi connectivity index (χ1v) is 7.57. The zero-order chi connectivity index (χ0) is 13.9. The van der Waals surface area contributed by atoms with Crippen LogP contribution in [-0.2, 0) is 6.54 Å². The van der Waals surface area contributed by atoms with Crippen LogP contribution in [0.1, 0.15) is 18.4 Å². The molecule has 3 rings (SSSR count). The highest BCUT2D eigenvalue weighted by Crippen LogP contribution is 2.35. The molecule has 1 aromatic carbocycles. The molecule has 0 N–H and O–H groups in total. The van der Waals surface area contributed by atoms with Gasteiger partial charge in [0.05, 0.1) is 10.7 Å². The lowest BCUT2D eigenvalue weighted by Gasteiger charge is -2.26. The maximum atomic E-state index is 6.35. The minimum Gasteiger partial charge on any atom is -0.366 e. The highest BCUT2D eigenvalue weighted by molar-refractivity contribution is 6.36. The Labute approximate surface area is 129 Å². The summed E-state index contributed by atoms with van der Waals surface area (Å²) in [5.41, 5.74) is 2.24. The summed E-state index contributed by atoms with van der Waals surface area (Å²) in [6.45, 7) is 1.86. The van der Waals surface area contributed by atoms with Gasteiger partial charge in [-0.05, 0) is 48.6 Å². The number of hydrogen-bond acceptors (Lipinski definition) is 2. The first kappa shape index (κ1) is 13.7. The first-order valence-electron chi connectivity index (χ1n) is 6.81. The molecule has 1 fully saturated rings. The smallest absolute Gasteiger partial charge is 0.0654 e. The Balaban J connectivity index is 1.85. The molecule has 2 aromatic rings. The van der Waals surface area contributed by atoms with E-state index in [1.807, 2.05) is 30.5 Å². The van der Waals surface area contributed by atoms with Crippen molar-refractivity contribution in [2.45, 2.75) is 19.4 Å². The van der Waals surface area contributed by atoms with Crippen LogP contribution < -0.4 is 4.90 Å². The van der Waals surface area contributed by atoms with E-state index in [0.29, 0.717) is 10.0 Å². The molecule has 1 saturated carbocycles. The molecule has 0 saturated heterocycles. The SMILES string of the molecule is Clc1ccc(N(Cc2cccnc2)CC2CC2)c(Cl)c1. The Morgan fingerprint density at radius 3 is 2.70 bits per heavy atom. The van der Waals surface area contributed by atoms with Crippen LogP contribution in [0.25, 0.3) is 0 Å². The Bertz CT molecular complexity index is 582. The fourth-order valence-electron chi connectivity index (χ4n) is 2.31. The molecular weight excluding hydrogens is 291 g/mol. The number of aromatic nitrogens is 1. The van der Waals surface area contributed by atoms with Crippen molar-refractivity contribution in [2.75, 3.05) is 11.4 Å². The highest BCUT2D eigenvalue weighted by atomic mass is 35.5. The quantitative estimate of drug-likeness (QED) is 0.788. The van der Waals surface area contributed by atoms with Gasteiger partial charge in [-0.25, -0.2) is 0 Å². The number of anilines is 1. The largest absolute Gasteiger partial charge is 0.366 e. The van der Waals surface area contributed by atoms with E-state index in [0.717, 1.165) is 24.7 Å². The average molecular weight is 307 g/mol. The third-order valence-corrected chi connectivity index (χ3v) is 4.06. The third kappa shape index (κ3) is 3.44. The Morgan fingerprint density at radius 1 is 1.20 bits per heavy atom. The molecule has 2 nitrogen and oxygen atoms in total. The van der Waals surface area contributed by atoms with Crippen molar-refractivity contribution in [3.05, 3.63) is 58.3 Å². The molecule has 104 valence electrons. The van der Waals surface area contributed by atoms with Crippen LogP contribution in [0.5, 0.6) is 0 Å². The number of rotatable bonds is 5. The summed E-state index contributed by atoms with van der Waals surface area (Å²) in [6, 6.07) is 9.77. The van der Waals surface area contributed by atoms with Gasteiger partial charge in [0.1, 0.15) is 0 Å². The van der Waals surface area contributed by atoms with Gasteiger partial charge in [-0.3, -0.25) is 4.98 Å². The fourth-order valence-corrected chi connectivity index (χ4v) is 2.84. The van der Waals surface area contributed by atoms with Gasteiger partial charge in [0.15, 0.2) is 0 Å². The van der Waals surface area contributed by atoms with Crippen LogP contribution in [0.4, 0.5) is 5.69 Å². The van der Waals surface area contributed by atoms with Gasteiger partial charge in [0.25, 0.3) is 0 Å². The van der Waals surface area contributed by atoms with Crippen molar-refractivity contribution in [3.8, 4) is 0 Å². The van der Waals surface area contributed by atoms with Crippen LogP contribution in [-0.4, -0.2) is 11.5 Å². The van der Waals surface area contributed by atoms with Crippen LogP contribution in [0, 0.1) is 5.92 Å². The molecule has 20 heavy (non-hydrogen) atoms. The zero-order valence-corrected chi connectivity index (χ0v) is 12.6. The average Bonchev–Trinajstić information content (AvgIpc) is 3.23. The summed E-state index contributed by atoms with van der Waals surface area (Å²) >= 11 is 12.3. The molecule has 0 amide bonds. The van der Waals surface area contributed by atoms with E-state index in [1.165, 1.54) is 18.4 Å². The maximum Gasteiger partial charge on any atom is 0.0654 e. The molecule has 0 atom stereocenters. The lowest BCUT2D eigenvalue weighted by atomic mass is 10.2. The number of nitrogens with zero attached hydrogens (tertiary/aromatic N) is 2. The molecule has 0 radical (unpaired) electrons. The van der Waals surface area contributed by atoms with Crippen molar-refractivity contribution >= 4 is 28.9 Å². The van der Waals surface area contributed by atoms with Gasteiger partial charge >= 0.3 is 0 Å². The van der Waals surface area contributed by atoms with Gasteiger partial charge in [0, 0.05) is 30.5 Å². The fraction of sp³-hybridized carbons (Fsp3) is 0.312. The number of hydrogen-bond donors (Lipinski definition) is 0. The minimum atomic E-state index is 0.673. The lowest BCUT2D eigenvalue weighted by molar-refractivity contribution is 0.721. The van der Waals surface area contributed by atoms with Crippen molar-refractivity contribution in [2.24, 2.45) is 5.92 Å². The normalized spacial score (nSPS) is 14.3.